The Labute approximate surface area is 209 Å². The van der Waals surface area contributed by atoms with Crippen molar-refractivity contribution in [2.45, 2.75) is 27.7 Å². The largest absolute Gasteiger partial charge is 0.350 e. The molecule has 4 rings (SSSR count). The van der Waals surface area contributed by atoms with Gasteiger partial charge in [0.2, 0.25) is 0 Å². The van der Waals surface area contributed by atoms with Crippen LogP contribution in [-0.2, 0) is 9.59 Å². The van der Waals surface area contributed by atoms with Gasteiger partial charge in [-0.3, -0.25) is 14.4 Å². The molecule has 0 saturated heterocycles. The molecule has 1 aliphatic rings. The lowest BCUT2D eigenvalue weighted by Crippen LogP contribution is -2.32. The molecule has 3 aromatic carbocycles. The van der Waals surface area contributed by atoms with Crippen LogP contribution in [0.1, 0.15) is 34.0 Å². The van der Waals surface area contributed by atoms with Crippen LogP contribution in [0.2, 0.25) is 0 Å². The number of imide groups is 1. The third-order valence-corrected chi connectivity index (χ3v) is 6.38. The minimum absolute atomic E-state index is 0.0227. The average molecular weight is 488 g/mol. The first-order valence-electron chi connectivity index (χ1n) is 11.3. The molecule has 1 N–H and O–H groups in total. The predicted octanol–water partition coefficient (Wildman–Crippen LogP) is 5.71. The van der Waals surface area contributed by atoms with Crippen LogP contribution < -0.4 is 15.1 Å². The summed E-state index contributed by atoms with van der Waals surface area (Å²) in [6.07, 6.45) is 0. The molecule has 0 aromatic heterocycles. The molecule has 0 unspecified atom stereocenters. The SMILES string of the molecule is CCN(C(=O)c1cccc(NC2=C(Cl)C(=O)N(c3ccc(C)c(C)c3)C2=O)c1)c1cccc(C)c1. The second-order valence-corrected chi connectivity index (χ2v) is 8.88. The summed E-state index contributed by atoms with van der Waals surface area (Å²) in [6.45, 7) is 8.26. The summed E-state index contributed by atoms with van der Waals surface area (Å²) in [4.78, 5) is 42.0. The standard InChI is InChI=1S/C28H26ClN3O3/c1-5-31(22-11-6-8-17(2)14-22)26(33)20-9-7-10-21(16-20)30-25-24(29)27(34)32(28(25)35)23-13-12-18(3)19(4)15-23/h6-16,30H,5H2,1-4H3. The molecule has 0 atom stereocenters. The monoisotopic (exact) mass is 487 g/mol. The van der Waals surface area contributed by atoms with Crippen molar-refractivity contribution in [3.05, 3.63) is 99.7 Å². The van der Waals surface area contributed by atoms with Crippen LogP contribution in [0.5, 0.6) is 0 Å². The molecule has 0 aliphatic carbocycles. The highest BCUT2D eigenvalue weighted by Gasteiger charge is 2.39. The summed E-state index contributed by atoms with van der Waals surface area (Å²) in [5, 5.41) is 2.77. The summed E-state index contributed by atoms with van der Waals surface area (Å²) in [5.74, 6) is -1.31. The number of hydrogen-bond acceptors (Lipinski definition) is 4. The van der Waals surface area contributed by atoms with Crippen molar-refractivity contribution < 1.29 is 14.4 Å². The third-order valence-electron chi connectivity index (χ3n) is 6.03. The lowest BCUT2D eigenvalue weighted by molar-refractivity contribution is -0.120. The van der Waals surface area contributed by atoms with Crippen LogP contribution in [0, 0.1) is 20.8 Å². The van der Waals surface area contributed by atoms with Crippen LogP contribution in [-0.4, -0.2) is 24.3 Å². The average Bonchev–Trinajstić information content (AvgIpc) is 3.04. The van der Waals surface area contributed by atoms with Gasteiger partial charge in [-0.1, -0.05) is 35.9 Å². The second kappa shape index (κ2) is 9.76. The molecule has 35 heavy (non-hydrogen) atoms. The summed E-state index contributed by atoms with van der Waals surface area (Å²) >= 11 is 6.29. The molecule has 7 heteroatoms. The first-order chi connectivity index (χ1) is 16.7. The Morgan fingerprint density at radius 3 is 2.34 bits per heavy atom. The minimum atomic E-state index is -0.591. The van der Waals surface area contributed by atoms with E-state index in [-0.39, 0.29) is 16.6 Å². The lowest BCUT2D eigenvalue weighted by Gasteiger charge is -2.22. The zero-order chi connectivity index (χ0) is 25.3. The fourth-order valence-electron chi connectivity index (χ4n) is 3.98. The molecular weight excluding hydrogens is 462 g/mol. The van der Waals surface area contributed by atoms with Gasteiger partial charge in [0.25, 0.3) is 17.7 Å². The summed E-state index contributed by atoms with van der Waals surface area (Å²) in [5.41, 5.74) is 5.24. The smallest absolute Gasteiger partial charge is 0.283 e. The van der Waals surface area contributed by atoms with Gasteiger partial charge in [-0.25, -0.2) is 4.90 Å². The number of hydrogen-bond donors (Lipinski definition) is 1. The van der Waals surface area contributed by atoms with Crippen molar-refractivity contribution in [2.24, 2.45) is 0 Å². The van der Waals surface area contributed by atoms with Crippen molar-refractivity contribution in [1.82, 2.24) is 0 Å². The number of amides is 3. The molecule has 0 bridgehead atoms. The lowest BCUT2D eigenvalue weighted by atomic mass is 10.1. The van der Waals surface area contributed by atoms with Crippen LogP contribution >= 0.6 is 11.6 Å². The van der Waals surface area contributed by atoms with Crippen molar-refractivity contribution in [2.75, 3.05) is 21.7 Å². The predicted molar refractivity (Wildman–Crippen MR) is 140 cm³/mol. The maximum absolute atomic E-state index is 13.3. The highest BCUT2D eigenvalue weighted by Crippen LogP contribution is 2.31. The summed E-state index contributed by atoms with van der Waals surface area (Å²) in [7, 11) is 0. The van der Waals surface area contributed by atoms with E-state index >= 15 is 0 Å². The van der Waals surface area contributed by atoms with E-state index in [0.717, 1.165) is 27.3 Å². The van der Waals surface area contributed by atoms with Crippen LogP contribution in [0.15, 0.2) is 77.5 Å². The van der Waals surface area contributed by atoms with Gasteiger partial charge < -0.3 is 10.2 Å². The van der Waals surface area contributed by atoms with E-state index in [1.54, 1.807) is 41.3 Å². The van der Waals surface area contributed by atoms with E-state index < -0.39 is 11.8 Å². The van der Waals surface area contributed by atoms with Gasteiger partial charge >= 0.3 is 0 Å². The van der Waals surface area contributed by atoms with Gasteiger partial charge in [0.05, 0.1) is 5.69 Å². The number of anilines is 3. The molecule has 178 valence electrons. The Balaban J connectivity index is 1.59. The number of carbonyl (C=O) groups excluding carboxylic acids is 3. The Morgan fingerprint density at radius 1 is 0.914 bits per heavy atom. The van der Waals surface area contributed by atoms with Crippen molar-refractivity contribution in [1.29, 1.82) is 0 Å². The first-order valence-corrected chi connectivity index (χ1v) is 11.7. The normalized spacial score (nSPS) is 13.5. The van der Waals surface area contributed by atoms with Gasteiger partial charge in [-0.2, -0.15) is 0 Å². The molecular formula is C28H26ClN3O3. The fourth-order valence-corrected chi connectivity index (χ4v) is 4.19. The van der Waals surface area contributed by atoms with E-state index in [1.165, 1.54) is 0 Å². The maximum atomic E-state index is 13.3. The zero-order valence-electron chi connectivity index (χ0n) is 20.1. The molecule has 3 aromatic rings. The summed E-state index contributed by atoms with van der Waals surface area (Å²) in [6, 6.07) is 19.9. The van der Waals surface area contributed by atoms with Crippen LogP contribution in [0.25, 0.3) is 0 Å². The van der Waals surface area contributed by atoms with Gasteiger partial charge in [0.1, 0.15) is 10.7 Å². The number of benzene rings is 3. The number of carbonyl (C=O) groups is 3. The van der Waals surface area contributed by atoms with Crippen molar-refractivity contribution in [3.8, 4) is 0 Å². The number of halogens is 1. The minimum Gasteiger partial charge on any atom is -0.350 e. The molecule has 6 nitrogen and oxygen atoms in total. The van der Waals surface area contributed by atoms with E-state index in [2.05, 4.69) is 5.32 Å². The van der Waals surface area contributed by atoms with Crippen LogP contribution in [0.3, 0.4) is 0 Å². The number of nitrogens with zero attached hydrogens (tertiary/aromatic N) is 2. The fraction of sp³-hybridized carbons (Fsp3) is 0.179. The number of rotatable bonds is 6. The number of aryl methyl sites for hydroxylation is 3. The number of nitrogens with one attached hydrogen (secondary N) is 1. The van der Waals surface area contributed by atoms with Crippen LogP contribution in [0.4, 0.5) is 17.1 Å². The third kappa shape index (κ3) is 4.70. The molecule has 0 spiro atoms. The van der Waals surface area contributed by atoms with Crippen molar-refractivity contribution in [3.63, 3.8) is 0 Å². The second-order valence-electron chi connectivity index (χ2n) is 8.50. The Hall–Kier alpha value is -3.90. The quantitative estimate of drug-likeness (QED) is 0.452. The van der Waals surface area contributed by atoms with Crippen molar-refractivity contribution >= 4 is 46.4 Å². The Morgan fingerprint density at radius 2 is 1.66 bits per heavy atom. The Bertz CT molecular complexity index is 1380. The zero-order valence-corrected chi connectivity index (χ0v) is 20.8. The van der Waals surface area contributed by atoms with E-state index in [1.807, 2.05) is 58.0 Å². The molecule has 0 saturated carbocycles. The molecule has 0 radical (unpaired) electrons. The van der Waals surface area contributed by atoms with Gasteiger partial charge in [-0.05, 0) is 86.8 Å². The first kappa shape index (κ1) is 24.2. The molecule has 0 fully saturated rings. The molecule has 1 heterocycles. The molecule has 3 amide bonds. The topological polar surface area (TPSA) is 69.7 Å². The van der Waals surface area contributed by atoms with E-state index in [0.29, 0.717) is 23.5 Å². The highest BCUT2D eigenvalue weighted by atomic mass is 35.5. The summed E-state index contributed by atoms with van der Waals surface area (Å²) < 4.78 is 0. The van der Waals surface area contributed by atoms with Gasteiger partial charge in [0, 0.05) is 23.5 Å². The van der Waals surface area contributed by atoms with E-state index in [4.69, 9.17) is 11.6 Å². The highest BCUT2D eigenvalue weighted by molar-refractivity contribution is 6.53. The van der Waals surface area contributed by atoms with Gasteiger partial charge in [0.15, 0.2) is 0 Å². The van der Waals surface area contributed by atoms with Gasteiger partial charge in [-0.15, -0.1) is 0 Å². The molecule has 1 aliphatic heterocycles. The van der Waals surface area contributed by atoms with E-state index in [9.17, 15) is 14.4 Å². The maximum Gasteiger partial charge on any atom is 0.283 e. The Kier molecular flexibility index (Phi) is 6.76.